The van der Waals surface area contributed by atoms with Gasteiger partial charge in [-0.05, 0) is 0 Å². The molecule has 0 aliphatic rings. The van der Waals surface area contributed by atoms with Crippen molar-refractivity contribution in [3.05, 3.63) is 25.3 Å². The van der Waals surface area contributed by atoms with Gasteiger partial charge in [0.05, 0.1) is 12.3 Å². The third-order valence-corrected chi connectivity index (χ3v) is 6.43. The summed E-state index contributed by atoms with van der Waals surface area (Å²) in [6, 6.07) is 0. The molecule has 0 spiro atoms. The minimum atomic E-state index is -2.67. The largest absolute Gasteiger partial charge is 0.331 e. The van der Waals surface area contributed by atoms with Gasteiger partial charge in [0.15, 0.2) is 0 Å². The number of rotatable bonds is 8. The van der Waals surface area contributed by atoms with Crippen molar-refractivity contribution in [2.45, 2.75) is 0 Å². The van der Waals surface area contributed by atoms with Gasteiger partial charge >= 0.3 is 0 Å². The van der Waals surface area contributed by atoms with Crippen molar-refractivity contribution in [2.75, 3.05) is 38.9 Å². The van der Waals surface area contributed by atoms with Crippen LogP contribution >= 0.6 is 14.7 Å². The first kappa shape index (κ1) is 21.3. The fraction of sp³-hybridized carbons (Fsp3) is 0.429. The zero-order chi connectivity index (χ0) is 16.1. The first-order valence-electron chi connectivity index (χ1n) is 5.73. The van der Waals surface area contributed by atoms with Crippen LogP contribution in [0.25, 0.3) is 0 Å². The average Bonchev–Trinajstić information content (AvgIpc) is 2.41. The number of terminal acetylenes is 2. The lowest BCUT2D eigenvalue weighted by molar-refractivity contribution is 0.398. The molecule has 0 heterocycles. The zero-order valence-electron chi connectivity index (χ0n) is 12.1. The first-order chi connectivity index (χ1) is 9.36. The number of hydrogen-bond acceptors (Lipinski definition) is 4. The summed E-state index contributed by atoms with van der Waals surface area (Å²) in [5.74, 6) is 4.52. The molecule has 0 saturated heterocycles. The van der Waals surface area contributed by atoms with Gasteiger partial charge < -0.3 is 9.05 Å². The van der Waals surface area contributed by atoms with Crippen LogP contribution in [0.1, 0.15) is 0 Å². The minimum Gasteiger partial charge on any atom is -0.331 e. The highest BCUT2D eigenvalue weighted by molar-refractivity contribution is 7.59. The molecule has 0 saturated carbocycles. The second-order valence-corrected chi connectivity index (χ2v) is 9.01. The van der Waals surface area contributed by atoms with E-state index < -0.39 is 14.7 Å². The molecule has 4 nitrogen and oxygen atoms in total. The molecule has 112 valence electrons. The minimum absolute atomic E-state index is 0.119. The van der Waals surface area contributed by atoms with Crippen LogP contribution in [0.3, 0.4) is 0 Å². The van der Waals surface area contributed by atoms with Crippen LogP contribution in [0, 0.1) is 24.7 Å². The van der Waals surface area contributed by atoms with Crippen LogP contribution in [-0.2, 0) is 18.2 Å². The van der Waals surface area contributed by atoms with Crippen molar-refractivity contribution >= 4 is 14.7 Å². The van der Waals surface area contributed by atoms with E-state index in [2.05, 4.69) is 29.5 Å². The Hall–Kier alpha value is -1.02. The Kier molecular flexibility index (Phi) is 12.5. The smallest absolute Gasteiger partial charge is 0.225 e. The lowest BCUT2D eigenvalue weighted by atomic mass is 10.8. The van der Waals surface area contributed by atoms with E-state index in [1.54, 1.807) is 12.2 Å². The van der Waals surface area contributed by atoms with Crippen LogP contribution in [0.15, 0.2) is 25.3 Å². The summed E-state index contributed by atoms with van der Waals surface area (Å²) in [5, 5.41) is 0. The summed E-state index contributed by atoms with van der Waals surface area (Å²) in [5.41, 5.74) is 0. The van der Waals surface area contributed by atoms with Gasteiger partial charge in [-0.15, -0.1) is 26.0 Å². The molecule has 20 heavy (non-hydrogen) atoms. The fourth-order valence-electron chi connectivity index (χ4n) is 1.08. The second-order valence-electron chi connectivity index (χ2n) is 3.66. The van der Waals surface area contributed by atoms with E-state index in [1.807, 2.05) is 0 Å². The van der Waals surface area contributed by atoms with Gasteiger partial charge in [-0.25, -0.2) is 0 Å². The molecule has 0 aromatic carbocycles. The Morgan fingerprint density at radius 3 is 1.50 bits per heavy atom. The Balaban J connectivity index is 0. The summed E-state index contributed by atoms with van der Waals surface area (Å²) < 4.78 is 32.2. The van der Waals surface area contributed by atoms with Gasteiger partial charge in [-0.3, -0.25) is 9.13 Å². The maximum absolute atomic E-state index is 11.4. The molecule has 0 amide bonds. The van der Waals surface area contributed by atoms with Crippen LogP contribution < -0.4 is 0 Å². The van der Waals surface area contributed by atoms with Crippen LogP contribution in [0.4, 0.5) is 0 Å². The normalized spacial score (nSPS) is 10.4. The molecular formula is C14H22O4P2. The lowest BCUT2D eigenvalue weighted by Crippen LogP contribution is -1.93. The summed E-state index contributed by atoms with van der Waals surface area (Å²) in [7, 11) is -2.30. The third kappa shape index (κ3) is 9.85. The molecule has 0 rings (SSSR count). The Labute approximate surface area is 122 Å². The summed E-state index contributed by atoms with van der Waals surface area (Å²) in [6.45, 7) is 6.98. The van der Waals surface area contributed by atoms with Gasteiger partial charge in [-0.2, -0.15) is 0 Å². The second kappa shape index (κ2) is 11.8. The van der Waals surface area contributed by atoms with Crippen molar-refractivity contribution in [3.8, 4) is 24.7 Å². The van der Waals surface area contributed by atoms with Crippen molar-refractivity contribution in [1.29, 1.82) is 0 Å². The lowest BCUT2D eigenvalue weighted by Gasteiger charge is -2.10. The fourth-order valence-corrected chi connectivity index (χ4v) is 3.24. The first-order valence-corrected chi connectivity index (χ1v) is 9.72. The van der Waals surface area contributed by atoms with Crippen molar-refractivity contribution in [2.24, 2.45) is 0 Å². The van der Waals surface area contributed by atoms with Gasteiger partial charge in [0.2, 0.25) is 14.7 Å². The van der Waals surface area contributed by atoms with E-state index in [9.17, 15) is 9.13 Å². The van der Waals surface area contributed by atoms with Gasteiger partial charge in [0.25, 0.3) is 0 Å². The van der Waals surface area contributed by atoms with Crippen molar-refractivity contribution < 1.29 is 18.2 Å². The van der Waals surface area contributed by atoms with Crippen LogP contribution in [-0.4, -0.2) is 38.9 Å². The van der Waals surface area contributed by atoms with Gasteiger partial charge in [-0.1, -0.05) is 24.0 Å². The molecule has 0 aromatic rings. The quantitative estimate of drug-likeness (QED) is 0.391. The molecule has 0 fully saturated rings. The van der Waals surface area contributed by atoms with E-state index in [-0.39, 0.29) is 12.3 Å². The maximum Gasteiger partial charge on any atom is 0.225 e. The highest BCUT2D eigenvalue weighted by Gasteiger charge is 2.17. The van der Waals surface area contributed by atoms with Gasteiger partial charge in [0, 0.05) is 26.5 Å². The van der Waals surface area contributed by atoms with E-state index in [4.69, 9.17) is 17.4 Å². The van der Waals surface area contributed by atoms with Crippen molar-refractivity contribution in [1.82, 2.24) is 0 Å². The monoisotopic (exact) mass is 316 g/mol. The molecule has 0 radical (unpaired) electrons. The topological polar surface area (TPSA) is 52.6 Å². The molecule has 0 aliphatic carbocycles. The predicted octanol–water partition coefficient (Wildman–Crippen LogP) is 3.46. The summed E-state index contributed by atoms with van der Waals surface area (Å²) in [6.07, 6.45) is 14.2. The molecule has 0 bridgehead atoms. The average molecular weight is 316 g/mol. The standard InChI is InChI=1S/C7H13O2P.C7H9O2P/c2*1-4-6-10(8,9-3)7-5-2/h4-5H,1-2,6-7H2,3H3;1-2H,6-7H2,3H3. The van der Waals surface area contributed by atoms with Crippen LogP contribution in [0.2, 0.25) is 0 Å². The molecule has 0 unspecified atom stereocenters. The van der Waals surface area contributed by atoms with E-state index in [0.717, 1.165) is 0 Å². The molecule has 0 atom stereocenters. The SMILES string of the molecule is C#CCP(=O)(CC#C)OC.C=CCP(=O)(CC=C)OC. The summed E-state index contributed by atoms with van der Waals surface area (Å²) in [4.78, 5) is 0. The Morgan fingerprint density at radius 2 is 1.30 bits per heavy atom. The zero-order valence-corrected chi connectivity index (χ0v) is 13.9. The van der Waals surface area contributed by atoms with Gasteiger partial charge in [0.1, 0.15) is 0 Å². The third-order valence-electron chi connectivity index (χ3n) is 2.14. The predicted molar refractivity (Wildman–Crippen MR) is 86.8 cm³/mol. The highest BCUT2D eigenvalue weighted by atomic mass is 31.2. The van der Waals surface area contributed by atoms with Crippen LogP contribution in [0.5, 0.6) is 0 Å². The number of hydrogen-bond donors (Lipinski definition) is 0. The van der Waals surface area contributed by atoms with E-state index in [1.165, 1.54) is 14.2 Å². The molecule has 6 heteroatoms. The molecule has 0 aliphatic heterocycles. The van der Waals surface area contributed by atoms with E-state index in [0.29, 0.717) is 12.3 Å². The van der Waals surface area contributed by atoms with E-state index >= 15 is 0 Å². The highest BCUT2D eigenvalue weighted by Crippen LogP contribution is 2.45. The Bertz CT molecular complexity index is 435. The maximum atomic E-state index is 11.4. The molecule has 0 N–H and O–H groups in total. The molecule has 0 aromatic heterocycles. The Morgan fingerprint density at radius 1 is 0.950 bits per heavy atom. The van der Waals surface area contributed by atoms with Crippen molar-refractivity contribution in [3.63, 3.8) is 0 Å². The summed E-state index contributed by atoms with van der Waals surface area (Å²) >= 11 is 0. The number of allylic oxidation sites excluding steroid dienone is 2. The molecular weight excluding hydrogens is 294 g/mol.